The van der Waals surface area contributed by atoms with Crippen molar-refractivity contribution in [2.75, 3.05) is 11.9 Å². The summed E-state index contributed by atoms with van der Waals surface area (Å²) in [6.07, 6.45) is 1.85. The van der Waals surface area contributed by atoms with Crippen molar-refractivity contribution in [2.45, 2.75) is 19.1 Å². The van der Waals surface area contributed by atoms with E-state index in [1.807, 2.05) is 36.4 Å². The molecule has 3 aromatic rings. The quantitative estimate of drug-likeness (QED) is 0.689. The Morgan fingerprint density at radius 1 is 1.26 bits per heavy atom. The summed E-state index contributed by atoms with van der Waals surface area (Å²) in [5, 5.41) is 20.1. The third-order valence-corrected chi connectivity index (χ3v) is 3.92. The molecule has 4 rings (SSSR count). The Hall–Kier alpha value is -2.73. The molecule has 0 aliphatic carbocycles. The van der Waals surface area contributed by atoms with Gasteiger partial charge in [0.2, 0.25) is 0 Å². The predicted octanol–water partition coefficient (Wildman–Crippen LogP) is 3.10. The van der Waals surface area contributed by atoms with Crippen LogP contribution in [0.2, 0.25) is 0 Å². The van der Waals surface area contributed by atoms with E-state index in [0.29, 0.717) is 19.6 Å². The molecule has 6 nitrogen and oxygen atoms in total. The van der Waals surface area contributed by atoms with Gasteiger partial charge in [0.1, 0.15) is 17.2 Å². The van der Waals surface area contributed by atoms with Crippen molar-refractivity contribution in [1.82, 2.24) is 10.2 Å². The number of H-pyrrole nitrogens is 1. The molecule has 2 aromatic heterocycles. The van der Waals surface area contributed by atoms with Gasteiger partial charge in [-0.3, -0.25) is 5.10 Å². The Balaban J connectivity index is 1.51. The van der Waals surface area contributed by atoms with Crippen LogP contribution in [0.25, 0.3) is 11.5 Å². The lowest BCUT2D eigenvalue weighted by Crippen LogP contribution is -2.15. The lowest BCUT2D eigenvalue weighted by atomic mass is 10.0. The molecule has 0 saturated heterocycles. The van der Waals surface area contributed by atoms with E-state index in [1.165, 1.54) is 0 Å². The number of aromatic nitrogens is 2. The first-order valence-electron chi connectivity index (χ1n) is 7.57. The molecule has 3 heterocycles. The van der Waals surface area contributed by atoms with Crippen molar-refractivity contribution in [3.05, 3.63) is 53.9 Å². The van der Waals surface area contributed by atoms with Crippen molar-refractivity contribution in [3.8, 4) is 17.2 Å². The lowest BCUT2D eigenvalue weighted by Gasteiger charge is -2.24. The Bertz CT molecular complexity index is 795. The number of rotatable bonds is 4. The van der Waals surface area contributed by atoms with Gasteiger partial charge in [-0.15, -0.1) is 0 Å². The molecule has 1 aromatic carbocycles. The molecule has 0 unspecified atom stereocenters. The molecule has 0 radical (unpaired) electrons. The number of anilines is 1. The summed E-state index contributed by atoms with van der Waals surface area (Å²) < 4.78 is 11.5. The summed E-state index contributed by atoms with van der Waals surface area (Å²) in [5.74, 6) is 2.29. The van der Waals surface area contributed by atoms with Gasteiger partial charge in [0, 0.05) is 18.2 Å². The first-order chi connectivity index (χ1) is 11.3. The van der Waals surface area contributed by atoms with Crippen molar-refractivity contribution in [3.63, 3.8) is 0 Å². The normalized spacial score (nSPS) is 16.7. The first-order valence-corrected chi connectivity index (χ1v) is 7.57. The minimum absolute atomic E-state index is 0.462. The predicted molar refractivity (Wildman–Crippen MR) is 85.1 cm³/mol. The van der Waals surface area contributed by atoms with Gasteiger partial charge in [-0.2, -0.15) is 5.10 Å². The van der Waals surface area contributed by atoms with Crippen molar-refractivity contribution in [2.24, 2.45) is 0 Å². The number of ether oxygens (including phenoxy) is 1. The SMILES string of the molecule is O[C@H]1CCOc2c(NCc3ccc(-c4ccn[nH]4)o3)cccc21. The molecule has 0 spiro atoms. The zero-order chi connectivity index (χ0) is 15.6. The maximum absolute atomic E-state index is 10.0. The molecule has 3 N–H and O–H groups in total. The summed E-state index contributed by atoms with van der Waals surface area (Å²) in [6.45, 7) is 1.06. The largest absolute Gasteiger partial charge is 0.491 e. The average Bonchev–Trinajstić information content (AvgIpc) is 3.25. The van der Waals surface area contributed by atoms with E-state index >= 15 is 0 Å². The van der Waals surface area contributed by atoms with Crippen LogP contribution in [0.15, 0.2) is 47.0 Å². The summed E-state index contributed by atoms with van der Waals surface area (Å²) in [4.78, 5) is 0. The minimum Gasteiger partial charge on any atom is -0.491 e. The molecule has 0 amide bonds. The van der Waals surface area contributed by atoms with Crippen LogP contribution >= 0.6 is 0 Å². The molecular weight excluding hydrogens is 294 g/mol. The van der Waals surface area contributed by atoms with Gasteiger partial charge < -0.3 is 19.6 Å². The third kappa shape index (κ3) is 2.68. The summed E-state index contributed by atoms with van der Waals surface area (Å²) in [6, 6.07) is 11.4. The Labute approximate surface area is 133 Å². The maximum atomic E-state index is 10.0. The molecule has 23 heavy (non-hydrogen) atoms. The second kappa shape index (κ2) is 5.81. The summed E-state index contributed by atoms with van der Waals surface area (Å²) in [5.41, 5.74) is 2.54. The van der Waals surface area contributed by atoms with Crippen LogP contribution in [0.5, 0.6) is 5.75 Å². The van der Waals surface area contributed by atoms with Gasteiger partial charge >= 0.3 is 0 Å². The van der Waals surface area contributed by atoms with Gasteiger partial charge in [0.15, 0.2) is 5.76 Å². The molecule has 1 aliphatic heterocycles. The highest BCUT2D eigenvalue weighted by Gasteiger charge is 2.21. The highest BCUT2D eigenvalue weighted by atomic mass is 16.5. The van der Waals surface area contributed by atoms with E-state index in [-0.39, 0.29) is 0 Å². The van der Waals surface area contributed by atoms with Gasteiger partial charge in [-0.25, -0.2) is 0 Å². The molecule has 118 valence electrons. The van der Waals surface area contributed by atoms with E-state index in [1.54, 1.807) is 6.20 Å². The standard InChI is InChI=1S/C17H17N3O3/c21-15-7-9-22-17-12(15)2-1-3-14(17)18-10-11-4-5-16(23-11)13-6-8-19-20-13/h1-6,8,15,18,21H,7,9-10H2,(H,19,20)/t15-/m0/s1. The number of fused-ring (bicyclic) bond motifs is 1. The first kappa shape index (κ1) is 13.9. The molecular formula is C17H17N3O3. The maximum Gasteiger partial charge on any atom is 0.152 e. The smallest absolute Gasteiger partial charge is 0.152 e. The number of hydrogen-bond acceptors (Lipinski definition) is 5. The average molecular weight is 311 g/mol. The fourth-order valence-corrected chi connectivity index (χ4v) is 2.74. The summed E-state index contributed by atoms with van der Waals surface area (Å²) in [7, 11) is 0. The molecule has 1 atom stereocenters. The van der Waals surface area contributed by atoms with Crippen LogP contribution in [0.4, 0.5) is 5.69 Å². The van der Waals surface area contributed by atoms with Gasteiger partial charge in [0.25, 0.3) is 0 Å². The molecule has 1 aliphatic rings. The molecule has 6 heteroatoms. The fraction of sp³-hybridized carbons (Fsp3) is 0.235. The number of furan rings is 1. The number of benzene rings is 1. The van der Waals surface area contributed by atoms with Crippen LogP contribution in [-0.4, -0.2) is 21.9 Å². The molecule has 0 saturated carbocycles. The molecule has 0 bridgehead atoms. The van der Waals surface area contributed by atoms with Crippen LogP contribution in [0.3, 0.4) is 0 Å². The second-order valence-electron chi connectivity index (χ2n) is 5.47. The number of nitrogens with zero attached hydrogens (tertiary/aromatic N) is 1. The highest BCUT2D eigenvalue weighted by Crippen LogP contribution is 2.38. The number of aliphatic hydroxyl groups excluding tert-OH is 1. The second-order valence-corrected chi connectivity index (χ2v) is 5.47. The Morgan fingerprint density at radius 2 is 2.22 bits per heavy atom. The number of aromatic amines is 1. The van der Waals surface area contributed by atoms with Gasteiger partial charge in [-0.1, -0.05) is 12.1 Å². The monoisotopic (exact) mass is 311 g/mol. The Kier molecular flexibility index (Phi) is 3.51. The third-order valence-electron chi connectivity index (χ3n) is 3.92. The number of hydrogen-bond donors (Lipinski definition) is 3. The van der Waals surface area contributed by atoms with Crippen molar-refractivity contribution >= 4 is 5.69 Å². The van der Waals surface area contributed by atoms with Gasteiger partial charge in [-0.05, 0) is 24.3 Å². The number of para-hydroxylation sites is 1. The van der Waals surface area contributed by atoms with Crippen LogP contribution < -0.4 is 10.1 Å². The van der Waals surface area contributed by atoms with Crippen LogP contribution in [0, 0.1) is 0 Å². The van der Waals surface area contributed by atoms with E-state index < -0.39 is 6.10 Å². The summed E-state index contributed by atoms with van der Waals surface area (Å²) >= 11 is 0. The topological polar surface area (TPSA) is 83.3 Å². The van der Waals surface area contributed by atoms with Crippen molar-refractivity contribution < 1.29 is 14.3 Å². The van der Waals surface area contributed by atoms with Crippen LogP contribution in [0.1, 0.15) is 23.8 Å². The van der Waals surface area contributed by atoms with Crippen LogP contribution in [-0.2, 0) is 6.54 Å². The highest BCUT2D eigenvalue weighted by molar-refractivity contribution is 5.61. The number of aliphatic hydroxyl groups is 1. The lowest BCUT2D eigenvalue weighted by molar-refractivity contribution is 0.116. The van der Waals surface area contributed by atoms with Gasteiger partial charge in [0.05, 0.1) is 24.9 Å². The van der Waals surface area contributed by atoms with E-state index in [2.05, 4.69) is 15.5 Å². The number of nitrogens with one attached hydrogen (secondary N) is 2. The van der Waals surface area contributed by atoms with E-state index in [4.69, 9.17) is 9.15 Å². The minimum atomic E-state index is -0.462. The zero-order valence-corrected chi connectivity index (χ0v) is 12.5. The fourth-order valence-electron chi connectivity index (χ4n) is 2.74. The van der Waals surface area contributed by atoms with E-state index in [0.717, 1.165) is 34.2 Å². The zero-order valence-electron chi connectivity index (χ0n) is 12.5. The Morgan fingerprint density at radius 3 is 3.09 bits per heavy atom. The van der Waals surface area contributed by atoms with E-state index in [9.17, 15) is 5.11 Å². The van der Waals surface area contributed by atoms with Crippen molar-refractivity contribution in [1.29, 1.82) is 0 Å². The molecule has 0 fully saturated rings.